The highest BCUT2D eigenvalue weighted by Gasteiger charge is 2.03. The normalized spacial score (nSPS) is 9.80. The molecule has 0 aliphatic rings. The van der Waals surface area contributed by atoms with E-state index in [1.807, 2.05) is 0 Å². The second kappa shape index (κ2) is 2.66. The van der Waals surface area contributed by atoms with Crippen molar-refractivity contribution in [1.29, 1.82) is 0 Å². The van der Waals surface area contributed by atoms with Crippen LogP contribution in [0.5, 0.6) is 0 Å². The fourth-order valence-corrected chi connectivity index (χ4v) is 0.761. The lowest BCUT2D eigenvalue weighted by atomic mass is 10.3. The van der Waals surface area contributed by atoms with Gasteiger partial charge >= 0.3 is 0 Å². The fourth-order valence-electron chi connectivity index (χ4n) is 0.761. The summed E-state index contributed by atoms with van der Waals surface area (Å²) in [4.78, 5) is 10.1. The van der Waals surface area contributed by atoms with Crippen LogP contribution in [0.2, 0.25) is 0 Å². The van der Waals surface area contributed by atoms with Gasteiger partial charge in [-0.3, -0.25) is 4.79 Å². The van der Waals surface area contributed by atoms with Crippen molar-refractivity contribution in [3.63, 3.8) is 0 Å². The topological polar surface area (TPSA) is 50.4 Å². The Kier molecular flexibility index (Phi) is 1.87. The van der Waals surface area contributed by atoms with Gasteiger partial charge in [0.25, 0.3) is 0 Å². The Morgan fingerprint density at radius 1 is 1.80 bits per heavy atom. The first-order valence-corrected chi connectivity index (χ1v) is 2.93. The first kappa shape index (κ1) is 7.02. The number of aliphatic hydroxyl groups is 1. The van der Waals surface area contributed by atoms with Crippen LogP contribution in [0.4, 0.5) is 0 Å². The molecule has 0 bridgehead atoms. The molecule has 3 nitrogen and oxygen atoms in total. The number of carbonyl (C=O) groups excluding carboxylic acids is 1. The molecule has 10 heavy (non-hydrogen) atoms. The molecule has 0 saturated carbocycles. The molecule has 1 N–H and O–H groups in total. The van der Waals surface area contributed by atoms with Gasteiger partial charge in [0, 0.05) is 0 Å². The zero-order chi connectivity index (χ0) is 7.56. The number of carbonyl (C=O) groups is 1. The molecule has 0 aliphatic carbocycles. The monoisotopic (exact) mass is 140 g/mol. The molecule has 1 heterocycles. The Morgan fingerprint density at radius 2 is 2.50 bits per heavy atom. The lowest BCUT2D eigenvalue weighted by molar-refractivity contribution is 0.109. The van der Waals surface area contributed by atoms with Crippen LogP contribution in [0.1, 0.15) is 21.9 Å². The maximum Gasteiger partial charge on any atom is 0.185 e. The van der Waals surface area contributed by atoms with E-state index >= 15 is 0 Å². The molecule has 0 atom stereocenters. The molecule has 0 unspecified atom stereocenters. The smallest absolute Gasteiger partial charge is 0.185 e. The van der Waals surface area contributed by atoms with E-state index in [0.29, 0.717) is 12.0 Å². The van der Waals surface area contributed by atoms with Crippen LogP contribution in [0.15, 0.2) is 10.5 Å². The molecule has 0 amide bonds. The predicted octanol–water partition coefficient (Wildman–Crippen LogP) is 0.893. The average Bonchev–Trinajstić information content (AvgIpc) is 2.30. The molecule has 0 saturated heterocycles. The summed E-state index contributed by atoms with van der Waals surface area (Å²) >= 11 is 0. The minimum atomic E-state index is -0.153. The van der Waals surface area contributed by atoms with Gasteiger partial charge < -0.3 is 9.52 Å². The van der Waals surface area contributed by atoms with Gasteiger partial charge in [0.1, 0.15) is 12.4 Å². The van der Waals surface area contributed by atoms with Gasteiger partial charge in [0.2, 0.25) is 0 Å². The quantitative estimate of drug-likeness (QED) is 0.620. The molecule has 0 radical (unpaired) electrons. The maximum absolute atomic E-state index is 10.1. The number of aliphatic hydroxyl groups excluding tert-OH is 1. The Labute approximate surface area is 58.3 Å². The standard InChI is InChI=1S/C7H8O3/c1-5-2-6(3-8)10-7(5)4-9/h2-3,9H,4H2,1H3. The molecule has 0 aliphatic heterocycles. The summed E-state index contributed by atoms with van der Waals surface area (Å²) in [5, 5.41) is 8.62. The molecule has 0 spiro atoms. The van der Waals surface area contributed by atoms with Gasteiger partial charge in [-0.2, -0.15) is 0 Å². The molecular formula is C7H8O3. The Morgan fingerprint density at radius 3 is 2.80 bits per heavy atom. The van der Waals surface area contributed by atoms with Gasteiger partial charge in [0.05, 0.1) is 0 Å². The number of aldehydes is 1. The summed E-state index contributed by atoms with van der Waals surface area (Å²) in [7, 11) is 0. The third-order valence-electron chi connectivity index (χ3n) is 1.30. The summed E-state index contributed by atoms with van der Waals surface area (Å²) in [5.74, 6) is 0.726. The van der Waals surface area contributed by atoms with Crippen molar-refractivity contribution in [3.05, 3.63) is 23.2 Å². The molecule has 0 aromatic carbocycles. The van der Waals surface area contributed by atoms with Crippen molar-refractivity contribution < 1.29 is 14.3 Å². The van der Waals surface area contributed by atoms with E-state index in [2.05, 4.69) is 0 Å². The minimum absolute atomic E-state index is 0.153. The first-order chi connectivity index (χ1) is 4.77. The van der Waals surface area contributed by atoms with Crippen molar-refractivity contribution in [2.75, 3.05) is 0 Å². The zero-order valence-corrected chi connectivity index (χ0v) is 5.63. The highest BCUT2D eigenvalue weighted by molar-refractivity contribution is 5.71. The van der Waals surface area contributed by atoms with Crippen LogP contribution < -0.4 is 0 Å². The molecular weight excluding hydrogens is 132 g/mol. The van der Waals surface area contributed by atoms with Gasteiger partial charge in [-0.05, 0) is 18.6 Å². The summed E-state index contributed by atoms with van der Waals surface area (Å²) in [5.41, 5.74) is 0.810. The number of hydrogen-bond donors (Lipinski definition) is 1. The van der Waals surface area contributed by atoms with E-state index in [4.69, 9.17) is 9.52 Å². The van der Waals surface area contributed by atoms with Crippen molar-refractivity contribution >= 4 is 6.29 Å². The van der Waals surface area contributed by atoms with E-state index in [1.54, 1.807) is 13.0 Å². The molecule has 1 rings (SSSR count). The van der Waals surface area contributed by atoms with E-state index in [1.165, 1.54) is 0 Å². The lowest BCUT2D eigenvalue weighted by Crippen LogP contribution is -1.79. The molecule has 0 fully saturated rings. The molecule has 3 heteroatoms. The highest BCUT2D eigenvalue weighted by Crippen LogP contribution is 2.12. The van der Waals surface area contributed by atoms with E-state index < -0.39 is 0 Å². The second-order valence-electron chi connectivity index (χ2n) is 2.03. The second-order valence-corrected chi connectivity index (χ2v) is 2.03. The molecule has 1 aromatic rings. The van der Waals surface area contributed by atoms with Crippen LogP contribution in [-0.4, -0.2) is 11.4 Å². The highest BCUT2D eigenvalue weighted by atomic mass is 16.4. The third kappa shape index (κ3) is 1.09. The van der Waals surface area contributed by atoms with Gasteiger partial charge in [-0.15, -0.1) is 0 Å². The Balaban J connectivity index is 3.03. The van der Waals surface area contributed by atoms with E-state index in [9.17, 15) is 4.79 Å². The predicted molar refractivity (Wildman–Crippen MR) is 34.8 cm³/mol. The number of aryl methyl sites for hydroxylation is 1. The first-order valence-electron chi connectivity index (χ1n) is 2.93. The van der Waals surface area contributed by atoms with E-state index in [0.717, 1.165) is 5.56 Å². The van der Waals surface area contributed by atoms with Crippen molar-refractivity contribution in [3.8, 4) is 0 Å². The van der Waals surface area contributed by atoms with Gasteiger partial charge in [-0.25, -0.2) is 0 Å². The molecule has 1 aromatic heterocycles. The number of hydrogen-bond acceptors (Lipinski definition) is 3. The summed E-state index contributed by atoms with van der Waals surface area (Å²) in [6.07, 6.45) is 0.617. The SMILES string of the molecule is Cc1cc(C=O)oc1CO. The number of rotatable bonds is 2. The maximum atomic E-state index is 10.1. The van der Waals surface area contributed by atoms with Crippen LogP contribution in [0.25, 0.3) is 0 Å². The van der Waals surface area contributed by atoms with Gasteiger partial charge in [-0.1, -0.05) is 0 Å². The average molecular weight is 140 g/mol. The van der Waals surface area contributed by atoms with Crippen molar-refractivity contribution in [2.45, 2.75) is 13.5 Å². The van der Waals surface area contributed by atoms with Crippen LogP contribution in [0.3, 0.4) is 0 Å². The molecule has 54 valence electrons. The lowest BCUT2D eigenvalue weighted by Gasteiger charge is -1.87. The zero-order valence-electron chi connectivity index (χ0n) is 5.63. The van der Waals surface area contributed by atoms with Crippen LogP contribution in [-0.2, 0) is 6.61 Å². The Hall–Kier alpha value is -1.09. The fraction of sp³-hybridized carbons (Fsp3) is 0.286. The van der Waals surface area contributed by atoms with Crippen LogP contribution >= 0.6 is 0 Å². The Bertz CT molecular complexity index is 237. The van der Waals surface area contributed by atoms with E-state index in [-0.39, 0.29) is 12.4 Å². The minimum Gasteiger partial charge on any atom is -0.456 e. The summed E-state index contributed by atoms with van der Waals surface area (Å²) in [6.45, 7) is 1.63. The van der Waals surface area contributed by atoms with Gasteiger partial charge in [0.15, 0.2) is 12.0 Å². The summed E-state index contributed by atoms with van der Waals surface area (Å²) in [6, 6.07) is 1.60. The van der Waals surface area contributed by atoms with Crippen molar-refractivity contribution in [1.82, 2.24) is 0 Å². The third-order valence-corrected chi connectivity index (χ3v) is 1.30. The van der Waals surface area contributed by atoms with Crippen molar-refractivity contribution in [2.24, 2.45) is 0 Å². The number of furan rings is 1. The summed E-state index contributed by atoms with van der Waals surface area (Å²) < 4.78 is 4.89. The van der Waals surface area contributed by atoms with Crippen LogP contribution in [0, 0.1) is 6.92 Å². The largest absolute Gasteiger partial charge is 0.456 e.